The predicted octanol–water partition coefficient (Wildman–Crippen LogP) is 3.69. The molecule has 0 aliphatic heterocycles. The van der Waals surface area contributed by atoms with E-state index in [1.807, 2.05) is 26.0 Å². The molecule has 178 valence electrons. The van der Waals surface area contributed by atoms with Gasteiger partial charge in [-0.05, 0) is 49.1 Å². The van der Waals surface area contributed by atoms with E-state index in [9.17, 15) is 14.4 Å². The molecule has 33 heavy (non-hydrogen) atoms. The highest BCUT2D eigenvalue weighted by Gasteiger charge is 2.15. The summed E-state index contributed by atoms with van der Waals surface area (Å²) in [6.45, 7) is 10.1. The molecule has 2 aromatic rings. The van der Waals surface area contributed by atoms with Crippen LogP contribution < -0.4 is 20.1 Å². The van der Waals surface area contributed by atoms with Gasteiger partial charge >= 0.3 is 5.97 Å². The predicted molar refractivity (Wildman–Crippen MR) is 126 cm³/mol. The summed E-state index contributed by atoms with van der Waals surface area (Å²) in [5, 5.41) is 5.13. The Morgan fingerprint density at radius 3 is 2.12 bits per heavy atom. The highest BCUT2D eigenvalue weighted by Crippen LogP contribution is 2.30. The molecule has 2 N–H and O–H groups in total. The molecule has 0 fully saturated rings. The molecule has 2 amide bonds. The summed E-state index contributed by atoms with van der Waals surface area (Å²) in [5.41, 5.74) is 2.00. The lowest BCUT2D eigenvalue weighted by molar-refractivity contribution is -0.146. The molecule has 0 unspecified atom stereocenters. The Balaban J connectivity index is 1.80. The number of carbonyl (C=O) groups is 3. The minimum Gasteiger partial charge on any atom is -0.490 e. The van der Waals surface area contributed by atoms with Crippen LogP contribution in [0.25, 0.3) is 0 Å². The summed E-state index contributed by atoms with van der Waals surface area (Å²) in [6, 6.07) is 12.2. The van der Waals surface area contributed by atoms with Crippen molar-refractivity contribution in [2.45, 2.75) is 40.0 Å². The molecular weight excluding hydrogens is 424 g/mol. The summed E-state index contributed by atoms with van der Waals surface area (Å²) in [4.78, 5) is 36.3. The fourth-order valence-corrected chi connectivity index (χ4v) is 2.90. The van der Waals surface area contributed by atoms with Crippen molar-refractivity contribution in [1.29, 1.82) is 0 Å². The van der Waals surface area contributed by atoms with Crippen molar-refractivity contribution in [3.63, 3.8) is 0 Å². The van der Waals surface area contributed by atoms with Gasteiger partial charge in [0, 0.05) is 17.3 Å². The van der Waals surface area contributed by atoms with Gasteiger partial charge in [0.25, 0.3) is 11.8 Å². The van der Waals surface area contributed by atoms with Crippen LogP contribution in [0.3, 0.4) is 0 Å². The zero-order chi connectivity index (χ0) is 24.4. The normalized spacial score (nSPS) is 10.8. The highest BCUT2D eigenvalue weighted by molar-refractivity contribution is 5.96. The average molecular weight is 457 g/mol. The van der Waals surface area contributed by atoms with Crippen LogP contribution in [0, 0.1) is 0 Å². The van der Waals surface area contributed by atoms with Crippen LogP contribution in [0.5, 0.6) is 11.5 Å². The summed E-state index contributed by atoms with van der Waals surface area (Å²) >= 11 is 0. The summed E-state index contributed by atoms with van der Waals surface area (Å²) in [7, 11) is 0. The van der Waals surface area contributed by atoms with E-state index in [4.69, 9.17) is 14.2 Å². The third-order valence-corrected chi connectivity index (χ3v) is 4.60. The lowest BCUT2D eigenvalue weighted by Crippen LogP contribution is -2.32. The van der Waals surface area contributed by atoms with E-state index in [1.165, 1.54) is 0 Å². The lowest BCUT2D eigenvalue weighted by atomic mass is 9.87. The number of hydrogen-bond donors (Lipinski definition) is 2. The Hall–Kier alpha value is -3.55. The van der Waals surface area contributed by atoms with E-state index in [0.717, 1.165) is 5.56 Å². The van der Waals surface area contributed by atoms with Crippen LogP contribution in [-0.2, 0) is 19.7 Å². The number of rotatable bonds is 10. The van der Waals surface area contributed by atoms with Gasteiger partial charge in [-0.2, -0.15) is 0 Å². The number of esters is 1. The molecule has 0 bridgehead atoms. The Kier molecular flexibility index (Phi) is 9.27. The van der Waals surface area contributed by atoms with E-state index in [0.29, 0.717) is 36.0 Å². The van der Waals surface area contributed by atoms with Crippen molar-refractivity contribution in [3.8, 4) is 11.5 Å². The number of anilines is 1. The molecule has 0 aromatic heterocycles. The molecular formula is C25H32N2O6. The minimum absolute atomic E-state index is 0.0185. The second kappa shape index (κ2) is 11.9. The van der Waals surface area contributed by atoms with Gasteiger partial charge in [0.1, 0.15) is 6.54 Å². The molecule has 2 rings (SSSR count). The van der Waals surface area contributed by atoms with E-state index >= 15 is 0 Å². The smallest absolute Gasteiger partial charge is 0.325 e. The van der Waals surface area contributed by atoms with Crippen LogP contribution in [-0.4, -0.2) is 44.1 Å². The van der Waals surface area contributed by atoms with Gasteiger partial charge in [0.15, 0.2) is 18.1 Å². The number of carbonyl (C=O) groups excluding carboxylic acids is 3. The molecule has 0 heterocycles. The maximum absolute atomic E-state index is 12.2. The minimum atomic E-state index is -0.716. The Labute approximate surface area is 194 Å². The number of nitrogens with one attached hydrogen (secondary N) is 2. The summed E-state index contributed by atoms with van der Waals surface area (Å²) < 4.78 is 16.0. The van der Waals surface area contributed by atoms with Gasteiger partial charge in [-0.3, -0.25) is 14.4 Å². The molecule has 8 heteroatoms. The van der Waals surface area contributed by atoms with Gasteiger partial charge in [0.2, 0.25) is 0 Å². The molecule has 0 radical (unpaired) electrons. The summed E-state index contributed by atoms with van der Waals surface area (Å²) in [5.74, 6) is -0.541. The van der Waals surface area contributed by atoms with E-state index in [1.54, 1.807) is 30.3 Å². The lowest BCUT2D eigenvalue weighted by Gasteiger charge is -2.19. The zero-order valence-corrected chi connectivity index (χ0v) is 19.8. The third-order valence-electron chi connectivity index (χ3n) is 4.60. The standard InChI is InChI=1S/C25H32N2O6/c1-6-31-20-13-12-19(14-21(20)32-7-2)27-22(28)16-33-23(29)15-26-24(30)17-8-10-18(11-9-17)25(3,4)5/h8-14H,6-7,15-16H2,1-5H3,(H,26,30)(H,27,28). The maximum Gasteiger partial charge on any atom is 0.325 e. The van der Waals surface area contributed by atoms with Gasteiger partial charge in [-0.1, -0.05) is 32.9 Å². The van der Waals surface area contributed by atoms with Gasteiger partial charge in [0.05, 0.1) is 13.2 Å². The molecule has 8 nitrogen and oxygen atoms in total. The number of hydrogen-bond acceptors (Lipinski definition) is 6. The molecule has 0 saturated heterocycles. The number of ether oxygens (including phenoxy) is 3. The largest absolute Gasteiger partial charge is 0.490 e. The molecule has 0 aliphatic rings. The second-order valence-corrected chi connectivity index (χ2v) is 8.25. The Bertz CT molecular complexity index is 964. The average Bonchev–Trinajstić information content (AvgIpc) is 2.77. The summed E-state index contributed by atoms with van der Waals surface area (Å²) in [6.07, 6.45) is 0. The van der Waals surface area contributed by atoms with Crippen LogP contribution in [0.1, 0.15) is 50.5 Å². The van der Waals surface area contributed by atoms with Crippen LogP contribution in [0.2, 0.25) is 0 Å². The third kappa shape index (κ3) is 8.14. The van der Waals surface area contributed by atoms with Crippen molar-refractivity contribution in [2.24, 2.45) is 0 Å². The Morgan fingerprint density at radius 1 is 0.879 bits per heavy atom. The SMILES string of the molecule is CCOc1ccc(NC(=O)COC(=O)CNC(=O)c2ccc(C(C)(C)C)cc2)cc1OCC. The van der Waals surface area contributed by atoms with Crippen LogP contribution in [0.4, 0.5) is 5.69 Å². The van der Waals surface area contributed by atoms with Crippen LogP contribution in [0.15, 0.2) is 42.5 Å². The molecule has 0 spiro atoms. The number of amides is 2. The first-order valence-electron chi connectivity index (χ1n) is 10.9. The fraction of sp³-hybridized carbons (Fsp3) is 0.400. The van der Waals surface area contributed by atoms with Crippen molar-refractivity contribution < 1.29 is 28.6 Å². The van der Waals surface area contributed by atoms with Crippen molar-refractivity contribution >= 4 is 23.5 Å². The molecule has 0 atom stereocenters. The second-order valence-electron chi connectivity index (χ2n) is 8.25. The first-order chi connectivity index (χ1) is 15.6. The highest BCUT2D eigenvalue weighted by atomic mass is 16.5. The molecule has 0 saturated carbocycles. The van der Waals surface area contributed by atoms with E-state index in [2.05, 4.69) is 31.4 Å². The quantitative estimate of drug-likeness (QED) is 0.529. The van der Waals surface area contributed by atoms with Gasteiger partial charge in [-0.25, -0.2) is 0 Å². The fourth-order valence-electron chi connectivity index (χ4n) is 2.90. The van der Waals surface area contributed by atoms with Gasteiger partial charge in [-0.15, -0.1) is 0 Å². The first kappa shape index (κ1) is 25.7. The maximum atomic E-state index is 12.2. The van der Waals surface area contributed by atoms with Crippen molar-refractivity contribution in [1.82, 2.24) is 5.32 Å². The van der Waals surface area contributed by atoms with Crippen LogP contribution >= 0.6 is 0 Å². The van der Waals surface area contributed by atoms with E-state index in [-0.39, 0.29) is 12.0 Å². The molecule has 0 aliphatic carbocycles. The number of benzene rings is 2. The van der Waals surface area contributed by atoms with Crippen molar-refractivity contribution in [2.75, 3.05) is 31.7 Å². The van der Waals surface area contributed by atoms with E-state index < -0.39 is 24.4 Å². The monoisotopic (exact) mass is 456 g/mol. The van der Waals surface area contributed by atoms with Gasteiger partial charge < -0.3 is 24.8 Å². The Morgan fingerprint density at radius 2 is 1.52 bits per heavy atom. The zero-order valence-electron chi connectivity index (χ0n) is 19.8. The first-order valence-corrected chi connectivity index (χ1v) is 10.9. The van der Waals surface area contributed by atoms with Crippen molar-refractivity contribution in [3.05, 3.63) is 53.6 Å². The molecule has 2 aromatic carbocycles. The topological polar surface area (TPSA) is 103 Å².